The van der Waals surface area contributed by atoms with E-state index in [-0.39, 0.29) is 11.3 Å². The summed E-state index contributed by atoms with van der Waals surface area (Å²) >= 11 is 1.50. The van der Waals surface area contributed by atoms with Gasteiger partial charge in [0.25, 0.3) is 5.91 Å². The van der Waals surface area contributed by atoms with Crippen LogP contribution in [0.15, 0.2) is 18.2 Å². The van der Waals surface area contributed by atoms with Crippen molar-refractivity contribution in [2.24, 2.45) is 11.1 Å². The Morgan fingerprint density at radius 3 is 2.75 bits per heavy atom. The quantitative estimate of drug-likeness (QED) is 0.927. The molecular weight excluding hydrogens is 318 g/mol. The molecule has 0 saturated carbocycles. The number of nitrogens with zero attached hydrogens (tertiary/aromatic N) is 2. The van der Waals surface area contributed by atoms with Crippen molar-refractivity contribution in [1.29, 1.82) is 0 Å². The number of nitrogens with two attached hydrogens (primary N) is 1. The standard InChI is InChI=1S/C19H25N3OS/c1-12-5-6-15(13(2)9-12)17-21-14(3)16(24-17)18(23)22-8-7-19(4,10-20)11-22/h5-6,9H,7-8,10-11,20H2,1-4H3. The van der Waals surface area contributed by atoms with E-state index in [1.165, 1.54) is 22.5 Å². The number of hydrogen-bond donors (Lipinski definition) is 1. The summed E-state index contributed by atoms with van der Waals surface area (Å²) in [4.78, 5) is 20.3. The van der Waals surface area contributed by atoms with Crippen LogP contribution in [0.1, 0.15) is 39.8 Å². The number of thiazole rings is 1. The topological polar surface area (TPSA) is 59.2 Å². The van der Waals surface area contributed by atoms with E-state index in [1.54, 1.807) is 0 Å². The predicted molar refractivity (Wildman–Crippen MR) is 99.4 cm³/mol. The molecule has 2 N–H and O–H groups in total. The summed E-state index contributed by atoms with van der Waals surface area (Å²) in [6.07, 6.45) is 0.969. The van der Waals surface area contributed by atoms with Crippen LogP contribution in [0.25, 0.3) is 10.6 Å². The van der Waals surface area contributed by atoms with Gasteiger partial charge in [-0.1, -0.05) is 30.7 Å². The van der Waals surface area contributed by atoms with Gasteiger partial charge in [0.15, 0.2) is 0 Å². The summed E-state index contributed by atoms with van der Waals surface area (Å²) in [5, 5.41) is 0.925. The summed E-state index contributed by atoms with van der Waals surface area (Å²) in [6.45, 7) is 10.4. The molecular formula is C19H25N3OS. The zero-order valence-corrected chi connectivity index (χ0v) is 15.7. The molecule has 0 radical (unpaired) electrons. The monoisotopic (exact) mass is 343 g/mol. The molecule has 1 amide bonds. The Morgan fingerprint density at radius 1 is 1.38 bits per heavy atom. The van der Waals surface area contributed by atoms with Crippen LogP contribution in [0.4, 0.5) is 0 Å². The largest absolute Gasteiger partial charge is 0.337 e. The Hall–Kier alpha value is -1.72. The first-order chi connectivity index (χ1) is 11.3. The van der Waals surface area contributed by atoms with Gasteiger partial charge in [0.2, 0.25) is 0 Å². The van der Waals surface area contributed by atoms with Crippen molar-refractivity contribution in [3.8, 4) is 10.6 Å². The van der Waals surface area contributed by atoms with Crippen molar-refractivity contribution in [2.75, 3.05) is 19.6 Å². The molecule has 128 valence electrons. The molecule has 0 bridgehead atoms. The van der Waals surface area contributed by atoms with Gasteiger partial charge in [0.05, 0.1) is 5.69 Å². The lowest BCUT2D eigenvalue weighted by atomic mass is 9.90. The molecule has 0 spiro atoms. The SMILES string of the molecule is Cc1ccc(-c2nc(C)c(C(=O)N3CCC(C)(CN)C3)s2)c(C)c1. The third-order valence-corrected chi connectivity index (χ3v) is 6.12. The highest BCUT2D eigenvalue weighted by Crippen LogP contribution is 2.34. The minimum Gasteiger partial charge on any atom is -0.337 e. The summed E-state index contributed by atoms with van der Waals surface area (Å²) in [6, 6.07) is 6.34. The number of amides is 1. The van der Waals surface area contributed by atoms with Gasteiger partial charge in [-0.2, -0.15) is 0 Å². The van der Waals surface area contributed by atoms with Crippen LogP contribution in [0, 0.1) is 26.2 Å². The van der Waals surface area contributed by atoms with Crippen LogP contribution >= 0.6 is 11.3 Å². The number of likely N-dealkylation sites (tertiary alicyclic amines) is 1. The second kappa shape index (κ2) is 6.30. The number of carbonyl (C=O) groups excluding carboxylic acids is 1. The Morgan fingerprint density at radius 2 is 2.12 bits per heavy atom. The lowest BCUT2D eigenvalue weighted by Crippen LogP contribution is -2.34. The van der Waals surface area contributed by atoms with Crippen LogP contribution in [0.5, 0.6) is 0 Å². The van der Waals surface area contributed by atoms with Gasteiger partial charge >= 0.3 is 0 Å². The molecule has 5 heteroatoms. The highest BCUT2D eigenvalue weighted by molar-refractivity contribution is 7.17. The maximum atomic E-state index is 12.9. The highest BCUT2D eigenvalue weighted by atomic mass is 32.1. The van der Waals surface area contributed by atoms with E-state index in [2.05, 4.69) is 44.0 Å². The second-order valence-corrected chi connectivity index (χ2v) is 8.24. The van der Waals surface area contributed by atoms with Crippen molar-refractivity contribution in [3.05, 3.63) is 39.9 Å². The molecule has 1 unspecified atom stereocenters. The van der Waals surface area contributed by atoms with Gasteiger partial charge in [0.1, 0.15) is 9.88 Å². The van der Waals surface area contributed by atoms with Crippen molar-refractivity contribution < 1.29 is 4.79 Å². The van der Waals surface area contributed by atoms with E-state index in [0.29, 0.717) is 6.54 Å². The molecule has 2 aromatic rings. The van der Waals surface area contributed by atoms with Gasteiger partial charge in [-0.15, -0.1) is 11.3 Å². The highest BCUT2D eigenvalue weighted by Gasteiger charge is 2.36. The molecule has 1 aliphatic rings. The van der Waals surface area contributed by atoms with Gasteiger partial charge in [0, 0.05) is 18.7 Å². The average molecular weight is 343 g/mol. The van der Waals surface area contributed by atoms with E-state index >= 15 is 0 Å². The number of aromatic nitrogens is 1. The lowest BCUT2D eigenvalue weighted by molar-refractivity contribution is 0.0780. The first-order valence-corrected chi connectivity index (χ1v) is 9.19. The van der Waals surface area contributed by atoms with Gasteiger partial charge < -0.3 is 10.6 Å². The van der Waals surface area contributed by atoms with E-state index in [0.717, 1.165) is 40.7 Å². The lowest BCUT2D eigenvalue weighted by Gasteiger charge is -2.22. The molecule has 2 heterocycles. The van der Waals surface area contributed by atoms with E-state index in [1.807, 2.05) is 11.8 Å². The number of benzene rings is 1. The zero-order valence-electron chi connectivity index (χ0n) is 14.8. The normalized spacial score (nSPS) is 20.6. The first kappa shape index (κ1) is 17.1. The van der Waals surface area contributed by atoms with Crippen LogP contribution in [0.2, 0.25) is 0 Å². The van der Waals surface area contributed by atoms with Crippen molar-refractivity contribution in [2.45, 2.75) is 34.1 Å². The molecule has 1 fully saturated rings. The molecule has 1 aliphatic heterocycles. The molecule has 1 saturated heterocycles. The van der Waals surface area contributed by atoms with E-state index in [4.69, 9.17) is 5.73 Å². The minimum absolute atomic E-state index is 0.0463. The molecule has 1 atom stereocenters. The molecule has 3 rings (SSSR count). The maximum absolute atomic E-state index is 12.9. The fourth-order valence-corrected chi connectivity index (χ4v) is 4.40. The Labute approximate surface area is 147 Å². The Balaban J connectivity index is 1.88. The summed E-state index contributed by atoms with van der Waals surface area (Å²) in [5.41, 5.74) is 10.3. The van der Waals surface area contributed by atoms with E-state index in [9.17, 15) is 4.79 Å². The van der Waals surface area contributed by atoms with Gasteiger partial charge in [-0.05, 0) is 44.7 Å². The van der Waals surface area contributed by atoms with Crippen molar-refractivity contribution >= 4 is 17.2 Å². The first-order valence-electron chi connectivity index (χ1n) is 8.37. The smallest absolute Gasteiger partial charge is 0.265 e. The molecule has 1 aromatic heterocycles. The van der Waals surface area contributed by atoms with Crippen molar-refractivity contribution in [3.63, 3.8) is 0 Å². The fourth-order valence-electron chi connectivity index (χ4n) is 3.27. The molecule has 24 heavy (non-hydrogen) atoms. The molecule has 4 nitrogen and oxygen atoms in total. The summed E-state index contributed by atoms with van der Waals surface area (Å²) < 4.78 is 0. The van der Waals surface area contributed by atoms with Crippen molar-refractivity contribution in [1.82, 2.24) is 9.88 Å². The Kier molecular flexibility index (Phi) is 4.49. The van der Waals surface area contributed by atoms with Crippen LogP contribution in [0.3, 0.4) is 0 Å². The zero-order chi connectivity index (χ0) is 17.5. The van der Waals surface area contributed by atoms with Crippen LogP contribution in [-0.4, -0.2) is 35.4 Å². The molecule has 1 aromatic carbocycles. The van der Waals surface area contributed by atoms with Crippen LogP contribution < -0.4 is 5.73 Å². The number of aryl methyl sites for hydroxylation is 3. The summed E-state index contributed by atoms with van der Waals surface area (Å²) in [7, 11) is 0. The maximum Gasteiger partial charge on any atom is 0.265 e. The second-order valence-electron chi connectivity index (χ2n) is 7.24. The van der Waals surface area contributed by atoms with Gasteiger partial charge in [-0.25, -0.2) is 4.98 Å². The van der Waals surface area contributed by atoms with E-state index < -0.39 is 0 Å². The minimum atomic E-state index is 0.0463. The fraction of sp³-hybridized carbons (Fsp3) is 0.474. The number of carbonyl (C=O) groups is 1. The molecule has 0 aliphatic carbocycles. The number of hydrogen-bond acceptors (Lipinski definition) is 4. The number of rotatable bonds is 3. The van der Waals surface area contributed by atoms with Gasteiger partial charge in [-0.3, -0.25) is 4.79 Å². The third-order valence-electron chi connectivity index (χ3n) is 4.94. The summed E-state index contributed by atoms with van der Waals surface area (Å²) in [5.74, 6) is 0.0955. The third kappa shape index (κ3) is 3.10. The average Bonchev–Trinajstić information content (AvgIpc) is 3.11. The Bertz CT molecular complexity index is 783. The predicted octanol–water partition coefficient (Wildman–Crippen LogP) is 3.55. The van der Waals surface area contributed by atoms with Crippen LogP contribution in [-0.2, 0) is 0 Å².